The van der Waals surface area contributed by atoms with E-state index in [4.69, 9.17) is 4.74 Å². The van der Waals surface area contributed by atoms with Crippen LogP contribution in [-0.4, -0.2) is 16.2 Å². The Morgan fingerprint density at radius 1 is 1.50 bits per heavy atom. The van der Waals surface area contributed by atoms with Crippen LogP contribution in [0, 0.1) is 6.33 Å². The zero-order valence-electron chi connectivity index (χ0n) is 6.45. The maximum Gasteiger partial charge on any atom is 0.177 e. The van der Waals surface area contributed by atoms with Gasteiger partial charge in [-0.3, -0.25) is 0 Å². The molecule has 1 aliphatic heterocycles. The molecule has 3 rings (SSSR count). The van der Waals surface area contributed by atoms with Gasteiger partial charge in [0.2, 0.25) is 0 Å². The molecule has 0 N–H and O–H groups in total. The summed E-state index contributed by atoms with van der Waals surface area (Å²) in [5, 5.41) is 0. The highest BCUT2D eigenvalue weighted by Gasteiger charge is 2.13. The number of nitrogens with zero attached hydrogens (tertiary/aromatic N) is 2. The number of rotatable bonds is 0. The van der Waals surface area contributed by atoms with Crippen LogP contribution in [0.2, 0.25) is 0 Å². The number of aromatic nitrogens is 2. The van der Waals surface area contributed by atoms with Gasteiger partial charge in [0.05, 0.1) is 12.1 Å². The number of para-hydroxylation sites is 1. The lowest BCUT2D eigenvalue weighted by Gasteiger charge is -2.14. The topological polar surface area (TPSA) is 27.1 Å². The smallest absolute Gasteiger partial charge is 0.177 e. The zero-order chi connectivity index (χ0) is 7.97. The Morgan fingerprint density at radius 3 is 3.50 bits per heavy atom. The van der Waals surface area contributed by atoms with Crippen molar-refractivity contribution in [1.29, 1.82) is 0 Å². The Bertz CT molecular complexity index is 433. The lowest BCUT2D eigenvalue weighted by Crippen LogP contribution is -2.13. The molecule has 0 spiro atoms. The third-order valence-corrected chi connectivity index (χ3v) is 2.11. The summed E-state index contributed by atoms with van der Waals surface area (Å²) in [5.74, 6) is 0.924. The van der Waals surface area contributed by atoms with Crippen LogP contribution in [0.15, 0.2) is 18.2 Å². The van der Waals surface area contributed by atoms with Gasteiger partial charge in [-0.1, -0.05) is 6.07 Å². The molecular formula is C9H7N2O. The van der Waals surface area contributed by atoms with E-state index in [1.807, 2.05) is 22.8 Å². The number of hydrogen-bond donors (Lipinski definition) is 0. The van der Waals surface area contributed by atoms with Gasteiger partial charge in [0.15, 0.2) is 6.33 Å². The van der Waals surface area contributed by atoms with E-state index in [1.54, 1.807) is 0 Å². The van der Waals surface area contributed by atoms with E-state index in [0.717, 1.165) is 29.9 Å². The van der Waals surface area contributed by atoms with Crippen LogP contribution in [0.1, 0.15) is 0 Å². The number of benzene rings is 1. The molecule has 59 valence electrons. The quantitative estimate of drug-likeness (QED) is 0.578. The van der Waals surface area contributed by atoms with Crippen molar-refractivity contribution >= 4 is 11.0 Å². The van der Waals surface area contributed by atoms with E-state index < -0.39 is 0 Å². The first kappa shape index (κ1) is 6.06. The molecule has 2 heterocycles. The summed E-state index contributed by atoms with van der Waals surface area (Å²) in [6, 6.07) is 5.89. The summed E-state index contributed by atoms with van der Waals surface area (Å²) >= 11 is 0. The van der Waals surface area contributed by atoms with E-state index in [0.29, 0.717) is 0 Å². The molecule has 1 radical (unpaired) electrons. The van der Waals surface area contributed by atoms with Crippen LogP contribution in [0.5, 0.6) is 5.75 Å². The Labute approximate surface area is 69.6 Å². The highest BCUT2D eigenvalue weighted by molar-refractivity contribution is 5.82. The van der Waals surface area contributed by atoms with Crippen molar-refractivity contribution in [2.24, 2.45) is 0 Å². The van der Waals surface area contributed by atoms with Crippen molar-refractivity contribution < 1.29 is 4.74 Å². The van der Waals surface area contributed by atoms with E-state index in [2.05, 4.69) is 11.3 Å². The fourth-order valence-electron chi connectivity index (χ4n) is 1.56. The van der Waals surface area contributed by atoms with Crippen molar-refractivity contribution in [2.75, 3.05) is 6.61 Å². The molecule has 0 unspecified atom stereocenters. The third-order valence-electron chi connectivity index (χ3n) is 2.11. The van der Waals surface area contributed by atoms with Crippen LogP contribution >= 0.6 is 0 Å². The van der Waals surface area contributed by atoms with Gasteiger partial charge in [-0.25, -0.2) is 4.98 Å². The molecule has 12 heavy (non-hydrogen) atoms. The minimum atomic E-state index is 0.721. The molecule has 0 fully saturated rings. The minimum absolute atomic E-state index is 0.721. The van der Waals surface area contributed by atoms with Crippen LogP contribution < -0.4 is 4.74 Å². The Kier molecular flexibility index (Phi) is 1.01. The molecule has 0 amide bonds. The summed E-state index contributed by atoms with van der Waals surface area (Å²) in [6.45, 7) is 1.58. The first-order chi connectivity index (χ1) is 5.95. The zero-order valence-corrected chi connectivity index (χ0v) is 6.45. The van der Waals surface area contributed by atoms with E-state index in [9.17, 15) is 0 Å². The molecular weight excluding hydrogens is 152 g/mol. The maximum absolute atomic E-state index is 5.47. The molecule has 1 aromatic carbocycles. The predicted octanol–water partition coefficient (Wildman–Crippen LogP) is 1.23. The predicted molar refractivity (Wildman–Crippen MR) is 44.1 cm³/mol. The lowest BCUT2D eigenvalue weighted by atomic mass is 10.3. The average molecular weight is 159 g/mol. The monoisotopic (exact) mass is 159 g/mol. The lowest BCUT2D eigenvalue weighted by molar-refractivity contribution is 0.286. The first-order valence-corrected chi connectivity index (χ1v) is 3.95. The molecule has 0 aliphatic carbocycles. The number of ether oxygens (including phenoxy) is 1. The van der Waals surface area contributed by atoms with Gasteiger partial charge in [0, 0.05) is 0 Å². The maximum atomic E-state index is 5.47. The summed E-state index contributed by atoms with van der Waals surface area (Å²) in [7, 11) is 0. The molecule has 0 saturated heterocycles. The van der Waals surface area contributed by atoms with Crippen molar-refractivity contribution in [3.05, 3.63) is 24.5 Å². The number of imidazole rings is 1. The van der Waals surface area contributed by atoms with Crippen molar-refractivity contribution in [3.8, 4) is 5.75 Å². The van der Waals surface area contributed by atoms with Gasteiger partial charge in [0.25, 0.3) is 0 Å². The summed E-state index contributed by atoms with van der Waals surface area (Å²) in [5.41, 5.74) is 2.04. The normalized spacial score (nSPS) is 14.7. The molecule has 3 nitrogen and oxygen atoms in total. The van der Waals surface area contributed by atoms with E-state index >= 15 is 0 Å². The highest BCUT2D eigenvalue weighted by atomic mass is 16.5. The van der Waals surface area contributed by atoms with Gasteiger partial charge in [-0.2, -0.15) is 0 Å². The standard InChI is InChI=1S/C9H7N2O/c1-2-7-9-8(3-1)12-5-4-11(9)6-10-7/h1-3H,4-5H2. The SMILES string of the molecule is [c]1nc2cccc3c2n1CCO3. The molecule has 3 heteroatoms. The Morgan fingerprint density at radius 2 is 2.50 bits per heavy atom. The van der Waals surface area contributed by atoms with Crippen LogP contribution in [0.4, 0.5) is 0 Å². The van der Waals surface area contributed by atoms with Crippen LogP contribution in [0.3, 0.4) is 0 Å². The second kappa shape index (κ2) is 2.00. The summed E-state index contributed by atoms with van der Waals surface area (Å²) in [4.78, 5) is 4.15. The minimum Gasteiger partial charge on any atom is -0.489 e. The molecule has 2 aromatic rings. The fourth-order valence-corrected chi connectivity index (χ4v) is 1.56. The first-order valence-electron chi connectivity index (χ1n) is 3.95. The number of hydrogen-bond acceptors (Lipinski definition) is 2. The van der Waals surface area contributed by atoms with E-state index in [1.165, 1.54) is 0 Å². The fraction of sp³-hybridized carbons (Fsp3) is 0.222. The molecule has 0 atom stereocenters. The molecule has 1 aliphatic rings. The van der Waals surface area contributed by atoms with Gasteiger partial charge in [-0.15, -0.1) is 0 Å². The average Bonchev–Trinajstić information content (AvgIpc) is 2.52. The van der Waals surface area contributed by atoms with Crippen LogP contribution in [-0.2, 0) is 6.54 Å². The largest absolute Gasteiger partial charge is 0.489 e. The second-order valence-corrected chi connectivity index (χ2v) is 2.84. The van der Waals surface area contributed by atoms with Crippen molar-refractivity contribution in [3.63, 3.8) is 0 Å². The molecule has 0 saturated carbocycles. The van der Waals surface area contributed by atoms with Gasteiger partial charge < -0.3 is 9.30 Å². The summed E-state index contributed by atoms with van der Waals surface area (Å²) in [6.07, 6.45) is 2.94. The van der Waals surface area contributed by atoms with Gasteiger partial charge >= 0.3 is 0 Å². The van der Waals surface area contributed by atoms with Crippen molar-refractivity contribution in [2.45, 2.75) is 6.54 Å². The Hall–Kier alpha value is -1.51. The summed E-state index contributed by atoms with van der Waals surface area (Å²) < 4.78 is 7.48. The van der Waals surface area contributed by atoms with Gasteiger partial charge in [0.1, 0.15) is 17.9 Å². The van der Waals surface area contributed by atoms with Crippen molar-refractivity contribution in [1.82, 2.24) is 9.55 Å². The Balaban J connectivity index is 2.50. The highest BCUT2D eigenvalue weighted by Crippen LogP contribution is 2.26. The van der Waals surface area contributed by atoms with E-state index in [-0.39, 0.29) is 0 Å². The van der Waals surface area contributed by atoms with Crippen LogP contribution in [0.25, 0.3) is 11.0 Å². The molecule has 0 bridgehead atoms. The van der Waals surface area contributed by atoms with Gasteiger partial charge in [-0.05, 0) is 12.1 Å². The third kappa shape index (κ3) is 0.630. The molecule has 1 aromatic heterocycles. The second-order valence-electron chi connectivity index (χ2n) is 2.84.